The van der Waals surface area contributed by atoms with Crippen LogP contribution in [0.3, 0.4) is 0 Å². The average Bonchev–Trinajstić information content (AvgIpc) is 3.29. The highest BCUT2D eigenvalue weighted by Gasteiger charge is 2.41. The molecule has 1 saturated heterocycles. The number of nitrogens with zero attached hydrogens (tertiary/aromatic N) is 2. The summed E-state index contributed by atoms with van der Waals surface area (Å²) in [5, 5.41) is 10.0. The van der Waals surface area contributed by atoms with E-state index in [-0.39, 0.29) is 29.8 Å². The highest BCUT2D eigenvalue weighted by Crippen LogP contribution is 2.33. The highest BCUT2D eigenvalue weighted by molar-refractivity contribution is 5.94. The molecule has 2 amide bonds. The van der Waals surface area contributed by atoms with Crippen LogP contribution in [0.4, 0.5) is 0 Å². The molecule has 2 N–H and O–H groups in total. The maximum absolute atomic E-state index is 12.6. The molecule has 7 nitrogen and oxygen atoms in total. The lowest BCUT2D eigenvalue weighted by molar-refractivity contribution is 0.0924. The van der Waals surface area contributed by atoms with Crippen molar-refractivity contribution in [3.05, 3.63) is 53.4 Å². The molecule has 1 aliphatic carbocycles. The normalized spacial score (nSPS) is 22.0. The van der Waals surface area contributed by atoms with Gasteiger partial charge in [0.2, 0.25) is 0 Å². The molecule has 2 aromatic rings. The first-order chi connectivity index (χ1) is 14.0. The van der Waals surface area contributed by atoms with E-state index in [9.17, 15) is 9.59 Å². The number of amides is 2. The van der Waals surface area contributed by atoms with Crippen molar-refractivity contribution >= 4 is 11.8 Å². The first-order valence-electron chi connectivity index (χ1n) is 10.4. The van der Waals surface area contributed by atoms with Crippen LogP contribution in [0.2, 0.25) is 0 Å². The van der Waals surface area contributed by atoms with Crippen molar-refractivity contribution < 1.29 is 14.1 Å². The molecular formula is C22H28N4O3. The van der Waals surface area contributed by atoms with Gasteiger partial charge in [0.15, 0.2) is 5.69 Å². The van der Waals surface area contributed by atoms with Crippen molar-refractivity contribution in [2.75, 3.05) is 13.1 Å². The Morgan fingerprint density at radius 1 is 1.21 bits per heavy atom. The summed E-state index contributed by atoms with van der Waals surface area (Å²) < 4.78 is 5.24. The minimum Gasteiger partial charge on any atom is -0.360 e. The average molecular weight is 396 g/mol. The fraction of sp³-hybridized carbons (Fsp3) is 0.500. The van der Waals surface area contributed by atoms with Crippen molar-refractivity contribution in [1.29, 1.82) is 0 Å². The Labute approximate surface area is 170 Å². The number of aromatic nitrogens is 1. The fourth-order valence-corrected chi connectivity index (χ4v) is 3.93. The SMILES string of the molecule is CC(C)c1cc(C(=O)NC2CC(CNC(=O)c3ccccc3)N(C3CC3)C2)no1. The van der Waals surface area contributed by atoms with Gasteiger partial charge >= 0.3 is 0 Å². The van der Waals surface area contributed by atoms with Gasteiger partial charge < -0.3 is 15.2 Å². The third kappa shape index (κ3) is 4.67. The minimum atomic E-state index is -0.199. The Kier molecular flexibility index (Phi) is 5.67. The maximum Gasteiger partial charge on any atom is 0.273 e. The van der Waals surface area contributed by atoms with Crippen LogP contribution >= 0.6 is 0 Å². The molecule has 1 aromatic carbocycles. The smallest absolute Gasteiger partial charge is 0.273 e. The van der Waals surface area contributed by atoms with Gasteiger partial charge in [-0.05, 0) is 31.4 Å². The van der Waals surface area contributed by atoms with Crippen molar-refractivity contribution in [3.8, 4) is 0 Å². The van der Waals surface area contributed by atoms with Gasteiger partial charge in [0.1, 0.15) is 5.76 Å². The van der Waals surface area contributed by atoms with E-state index in [1.165, 1.54) is 12.8 Å². The predicted molar refractivity (Wildman–Crippen MR) is 109 cm³/mol. The molecule has 4 rings (SSSR count). The zero-order valence-electron chi connectivity index (χ0n) is 16.9. The van der Waals surface area contributed by atoms with Crippen molar-refractivity contribution in [2.24, 2.45) is 0 Å². The third-order valence-corrected chi connectivity index (χ3v) is 5.67. The Hall–Kier alpha value is -2.67. The number of carbonyl (C=O) groups is 2. The lowest BCUT2D eigenvalue weighted by Gasteiger charge is -2.24. The molecule has 1 aromatic heterocycles. The van der Waals surface area contributed by atoms with Crippen molar-refractivity contribution in [3.63, 3.8) is 0 Å². The van der Waals surface area contributed by atoms with E-state index in [4.69, 9.17) is 4.52 Å². The molecule has 29 heavy (non-hydrogen) atoms. The number of hydrogen-bond donors (Lipinski definition) is 2. The molecule has 0 bridgehead atoms. The van der Waals surface area contributed by atoms with Gasteiger partial charge in [0.05, 0.1) is 0 Å². The number of nitrogens with one attached hydrogen (secondary N) is 2. The Morgan fingerprint density at radius 2 is 1.97 bits per heavy atom. The largest absolute Gasteiger partial charge is 0.360 e. The number of rotatable bonds is 7. The zero-order chi connectivity index (χ0) is 20.4. The van der Waals surface area contributed by atoms with E-state index in [0.29, 0.717) is 29.6 Å². The molecule has 0 spiro atoms. The van der Waals surface area contributed by atoms with E-state index in [1.807, 2.05) is 44.2 Å². The van der Waals surface area contributed by atoms with Crippen LogP contribution in [0, 0.1) is 0 Å². The Morgan fingerprint density at radius 3 is 2.62 bits per heavy atom. The summed E-state index contributed by atoms with van der Waals surface area (Å²) in [4.78, 5) is 27.4. The molecular weight excluding hydrogens is 368 g/mol. The first kappa shape index (κ1) is 19.6. The van der Waals surface area contributed by atoms with Crippen LogP contribution in [0.25, 0.3) is 0 Å². The lowest BCUT2D eigenvalue weighted by atomic mass is 10.1. The summed E-state index contributed by atoms with van der Waals surface area (Å²) in [5.74, 6) is 0.647. The maximum atomic E-state index is 12.6. The van der Waals surface area contributed by atoms with Crippen LogP contribution in [-0.4, -0.2) is 53.1 Å². The van der Waals surface area contributed by atoms with E-state index in [1.54, 1.807) is 6.07 Å². The van der Waals surface area contributed by atoms with Crippen LogP contribution in [0.15, 0.2) is 40.9 Å². The molecule has 2 heterocycles. The summed E-state index contributed by atoms with van der Waals surface area (Å²) in [6, 6.07) is 11.8. The Balaban J connectivity index is 1.34. The fourth-order valence-electron chi connectivity index (χ4n) is 3.93. The molecule has 1 saturated carbocycles. The van der Waals surface area contributed by atoms with Crippen molar-refractivity contribution in [1.82, 2.24) is 20.7 Å². The molecule has 154 valence electrons. The first-order valence-corrected chi connectivity index (χ1v) is 10.4. The summed E-state index contributed by atoms with van der Waals surface area (Å²) >= 11 is 0. The second-order valence-electron chi connectivity index (χ2n) is 8.33. The summed E-state index contributed by atoms with van der Waals surface area (Å²) in [7, 11) is 0. The summed E-state index contributed by atoms with van der Waals surface area (Å²) in [6.45, 7) is 5.39. The minimum absolute atomic E-state index is 0.0425. The number of benzene rings is 1. The Bertz CT molecular complexity index is 860. The van der Waals surface area contributed by atoms with E-state index in [0.717, 1.165) is 13.0 Å². The van der Waals surface area contributed by atoms with Gasteiger partial charge in [0, 0.05) is 48.8 Å². The molecule has 2 fully saturated rings. The molecule has 0 radical (unpaired) electrons. The molecule has 2 atom stereocenters. The topological polar surface area (TPSA) is 87.5 Å². The standard InChI is InChI=1S/C22H28N4O3/c1-14(2)20-11-19(25-29-20)22(28)24-16-10-18(26(13-16)17-8-9-17)12-23-21(27)15-6-4-3-5-7-15/h3-7,11,14,16-18H,8-10,12-13H2,1-2H3,(H,23,27)(H,24,28). The van der Waals surface area contributed by atoms with E-state index in [2.05, 4.69) is 20.7 Å². The zero-order valence-corrected chi connectivity index (χ0v) is 16.9. The van der Waals surface area contributed by atoms with Gasteiger partial charge in [0.25, 0.3) is 11.8 Å². The number of carbonyl (C=O) groups excluding carboxylic acids is 2. The van der Waals surface area contributed by atoms with E-state index < -0.39 is 0 Å². The van der Waals surface area contributed by atoms with Gasteiger partial charge in [-0.15, -0.1) is 0 Å². The molecule has 2 aliphatic rings. The van der Waals surface area contributed by atoms with Crippen LogP contribution in [-0.2, 0) is 0 Å². The van der Waals surface area contributed by atoms with Crippen LogP contribution < -0.4 is 10.6 Å². The van der Waals surface area contributed by atoms with Gasteiger partial charge in [-0.3, -0.25) is 14.5 Å². The number of hydrogen-bond acceptors (Lipinski definition) is 5. The third-order valence-electron chi connectivity index (χ3n) is 5.67. The van der Waals surface area contributed by atoms with Gasteiger partial charge in [-0.25, -0.2) is 0 Å². The summed E-state index contributed by atoms with van der Waals surface area (Å²) in [5.41, 5.74) is 0.993. The van der Waals surface area contributed by atoms with Gasteiger partial charge in [-0.2, -0.15) is 0 Å². The van der Waals surface area contributed by atoms with Crippen LogP contribution in [0.1, 0.15) is 65.6 Å². The highest BCUT2D eigenvalue weighted by atomic mass is 16.5. The monoisotopic (exact) mass is 396 g/mol. The lowest BCUT2D eigenvalue weighted by Crippen LogP contribution is -2.41. The summed E-state index contributed by atoms with van der Waals surface area (Å²) in [6.07, 6.45) is 3.18. The molecule has 2 unspecified atom stereocenters. The van der Waals surface area contributed by atoms with Crippen molar-refractivity contribution in [2.45, 2.75) is 57.2 Å². The quantitative estimate of drug-likeness (QED) is 0.751. The predicted octanol–water partition coefficient (Wildman–Crippen LogP) is 2.56. The van der Waals surface area contributed by atoms with Gasteiger partial charge in [-0.1, -0.05) is 37.2 Å². The van der Waals surface area contributed by atoms with E-state index >= 15 is 0 Å². The second-order valence-corrected chi connectivity index (χ2v) is 8.33. The molecule has 7 heteroatoms. The molecule has 1 aliphatic heterocycles. The number of likely N-dealkylation sites (tertiary alicyclic amines) is 1. The van der Waals surface area contributed by atoms with Crippen LogP contribution in [0.5, 0.6) is 0 Å². The second kappa shape index (κ2) is 8.37.